The maximum absolute atomic E-state index is 13.8. The van der Waals surface area contributed by atoms with Gasteiger partial charge in [-0.2, -0.15) is 0 Å². The van der Waals surface area contributed by atoms with Crippen molar-refractivity contribution in [1.82, 2.24) is 5.32 Å². The Morgan fingerprint density at radius 1 is 0.980 bits per heavy atom. The number of ketones is 1. The quantitative estimate of drug-likeness (QED) is 0.210. The van der Waals surface area contributed by atoms with E-state index in [1.807, 2.05) is 18.2 Å². The fourth-order valence-corrected chi connectivity index (χ4v) is 6.82. The van der Waals surface area contributed by atoms with E-state index in [0.717, 1.165) is 12.0 Å². The van der Waals surface area contributed by atoms with Gasteiger partial charge in [-0.3, -0.25) is 9.59 Å². The van der Waals surface area contributed by atoms with Crippen molar-refractivity contribution in [3.63, 3.8) is 0 Å². The number of carbonyl (C=O) groups excluding carboxylic acids is 3. The van der Waals surface area contributed by atoms with Crippen LogP contribution in [-0.4, -0.2) is 68.5 Å². The van der Waals surface area contributed by atoms with Crippen LogP contribution in [0.4, 0.5) is 0 Å². The number of ether oxygens (including phenoxy) is 5. The molecule has 1 amide bonds. The number of phenolic OH excluding ortho intramolecular Hbond substituents is 2. The molecule has 11 heteroatoms. The molecule has 3 aromatic carbocycles. The van der Waals surface area contributed by atoms with Crippen LogP contribution in [0.1, 0.15) is 102 Å². The zero-order valence-corrected chi connectivity index (χ0v) is 29.7. The molecule has 3 unspecified atom stereocenters. The Hall–Kier alpha value is -5.03. The number of cyclic esters (lactones) is 1. The minimum atomic E-state index is -0.989. The number of rotatable bonds is 9. The standard InChI is InChI=1S/C40H47NO10/c1-24-11-10-15-28(42)14-7-5-6-13-26-19-31(43)37(38(45)36(26)40(46)51-24)30(27-20-32(47-2)39(49-4)33(21-27)48-3)22-35(44)41-23-34-29-16-9-8-12-25(29)17-18-50-34/h6,8-9,12-13,16,19-21,24,30,34,43,45H,5,7,10-11,14-15,17-18,22-23H2,1-4H3,(H,41,44). The Morgan fingerprint density at radius 3 is 2.43 bits per heavy atom. The van der Waals surface area contributed by atoms with Crippen molar-refractivity contribution in [2.75, 3.05) is 34.5 Å². The van der Waals surface area contributed by atoms with E-state index in [4.69, 9.17) is 23.7 Å². The van der Waals surface area contributed by atoms with Gasteiger partial charge in [0.2, 0.25) is 11.7 Å². The summed E-state index contributed by atoms with van der Waals surface area (Å²) >= 11 is 0. The van der Waals surface area contributed by atoms with E-state index < -0.39 is 23.7 Å². The normalized spacial score (nSPS) is 18.7. The van der Waals surface area contributed by atoms with Gasteiger partial charge in [0.1, 0.15) is 28.9 Å². The number of allylic oxidation sites excluding steroid dienone is 1. The van der Waals surface area contributed by atoms with E-state index in [2.05, 4.69) is 11.4 Å². The summed E-state index contributed by atoms with van der Waals surface area (Å²) in [6.07, 6.45) is 6.18. The van der Waals surface area contributed by atoms with Crippen molar-refractivity contribution < 1.29 is 48.3 Å². The van der Waals surface area contributed by atoms with Crippen LogP contribution in [0.3, 0.4) is 0 Å². The molecule has 3 N–H and O–H groups in total. The number of nitrogens with one attached hydrogen (secondary N) is 1. The van der Waals surface area contributed by atoms with Gasteiger partial charge in [-0.15, -0.1) is 0 Å². The topological polar surface area (TPSA) is 150 Å². The van der Waals surface area contributed by atoms with Gasteiger partial charge in [0, 0.05) is 37.3 Å². The summed E-state index contributed by atoms with van der Waals surface area (Å²) in [6, 6.07) is 12.6. The van der Waals surface area contributed by atoms with Crippen molar-refractivity contribution in [3.05, 3.63) is 81.9 Å². The first kappa shape index (κ1) is 37.2. The Bertz CT molecular complexity index is 1740. The van der Waals surface area contributed by atoms with Crippen LogP contribution in [0.5, 0.6) is 28.7 Å². The smallest absolute Gasteiger partial charge is 0.342 e. The average Bonchev–Trinajstić information content (AvgIpc) is 3.12. The number of methoxy groups -OCH3 is 3. The third kappa shape index (κ3) is 8.83. The van der Waals surface area contributed by atoms with Gasteiger partial charge in [0.15, 0.2) is 11.5 Å². The summed E-state index contributed by atoms with van der Waals surface area (Å²) < 4.78 is 28.5. The third-order valence-corrected chi connectivity index (χ3v) is 9.46. The second-order valence-corrected chi connectivity index (χ2v) is 12.9. The van der Waals surface area contributed by atoms with Crippen LogP contribution in [-0.2, 0) is 25.5 Å². The second-order valence-electron chi connectivity index (χ2n) is 12.9. The molecule has 0 spiro atoms. The van der Waals surface area contributed by atoms with Crippen LogP contribution >= 0.6 is 0 Å². The van der Waals surface area contributed by atoms with Crippen molar-refractivity contribution in [3.8, 4) is 28.7 Å². The van der Waals surface area contributed by atoms with E-state index in [1.54, 1.807) is 31.2 Å². The molecule has 3 atom stereocenters. The lowest BCUT2D eigenvalue weighted by molar-refractivity contribution is -0.122. The first-order valence-corrected chi connectivity index (χ1v) is 17.4. The first-order valence-electron chi connectivity index (χ1n) is 17.4. The van der Waals surface area contributed by atoms with Gasteiger partial charge in [-0.25, -0.2) is 4.79 Å². The third-order valence-electron chi connectivity index (χ3n) is 9.46. The number of esters is 1. The monoisotopic (exact) mass is 701 g/mol. The molecule has 2 aliphatic rings. The molecule has 3 aromatic rings. The lowest BCUT2D eigenvalue weighted by atomic mass is 9.84. The summed E-state index contributed by atoms with van der Waals surface area (Å²) in [5.74, 6) is -1.91. The van der Waals surface area contributed by atoms with E-state index in [0.29, 0.717) is 67.9 Å². The van der Waals surface area contributed by atoms with E-state index in [9.17, 15) is 24.6 Å². The maximum atomic E-state index is 13.8. The molecule has 0 saturated heterocycles. The SMILES string of the molecule is COc1cc(C(CC(=O)NCC2OCCc3ccccc32)c2c(O)cc3c(c2O)C(=O)OC(C)CCCC(=O)CCCC=C3)cc(OC)c1OC. The minimum Gasteiger partial charge on any atom is -0.507 e. The molecule has 272 valence electrons. The van der Waals surface area contributed by atoms with E-state index in [1.165, 1.54) is 33.0 Å². The van der Waals surface area contributed by atoms with Gasteiger partial charge < -0.3 is 39.2 Å². The number of phenols is 2. The highest BCUT2D eigenvalue weighted by Gasteiger charge is 2.32. The number of amides is 1. The molecule has 0 bridgehead atoms. The largest absolute Gasteiger partial charge is 0.507 e. The van der Waals surface area contributed by atoms with Crippen LogP contribution in [0.2, 0.25) is 0 Å². The van der Waals surface area contributed by atoms with Crippen molar-refractivity contribution >= 4 is 23.7 Å². The minimum absolute atomic E-state index is 0.0397. The maximum Gasteiger partial charge on any atom is 0.342 e. The fourth-order valence-electron chi connectivity index (χ4n) is 6.82. The number of aromatic hydroxyl groups is 2. The molecule has 0 fully saturated rings. The van der Waals surface area contributed by atoms with Gasteiger partial charge in [-0.1, -0.05) is 36.4 Å². The first-order chi connectivity index (χ1) is 24.6. The van der Waals surface area contributed by atoms with Crippen LogP contribution < -0.4 is 19.5 Å². The van der Waals surface area contributed by atoms with Crippen LogP contribution in [0.25, 0.3) is 6.08 Å². The zero-order chi connectivity index (χ0) is 36.5. The highest BCUT2D eigenvalue weighted by molar-refractivity contribution is 5.98. The molecule has 0 aliphatic carbocycles. The van der Waals surface area contributed by atoms with Gasteiger partial charge in [-0.05, 0) is 79.5 Å². The number of hydrogen-bond donors (Lipinski definition) is 3. The predicted molar refractivity (Wildman–Crippen MR) is 191 cm³/mol. The Balaban J connectivity index is 1.57. The van der Waals surface area contributed by atoms with Crippen molar-refractivity contribution in [2.45, 2.75) is 76.4 Å². The zero-order valence-electron chi connectivity index (χ0n) is 29.7. The molecule has 0 radical (unpaired) electrons. The van der Waals surface area contributed by atoms with Crippen LogP contribution in [0.15, 0.2) is 48.5 Å². The Kier molecular flexibility index (Phi) is 12.6. The molecular weight excluding hydrogens is 654 g/mol. The highest BCUT2D eigenvalue weighted by Crippen LogP contribution is 2.48. The molecule has 51 heavy (non-hydrogen) atoms. The Morgan fingerprint density at radius 2 is 1.71 bits per heavy atom. The van der Waals surface area contributed by atoms with E-state index >= 15 is 0 Å². The molecule has 11 nitrogen and oxygen atoms in total. The molecular formula is C40H47NO10. The summed E-state index contributed by atoms with van der Waals surface area (Å²) in [5.41, 5.74) is 2.70. The average molecular weight is 702 g/mol. The summed E-state index contributed by atoms with van der Waals surface area (Å²) in [7, 11) is 4.40. The number of fused-ring (bicyclic) bond motifs is 2. The molecule has 0 aromatic heterocycles. The summed E-state index contributed by atoms with van der Waals surface area (Å²) in [4.78, 5) is 39.8. The molecule has 2 heterocycles. The second kappa shape index (κ2) is 17.3. The van der Waals surface area contributed by atoms with Gasteiger partial charge in [0.05, 0.1) is 34.0 Å². The Labute approximate surface area is 298 Å². The number of carbonyl (C=O) groups is 3. The van der Waals surface area contributed by atoms with Gasteiger partial charge >= 0.3 is 5.97 Å². The molecule has 5 rings (SSSR count). The molecule has 0 saturated carbocycles. The summed E-state index contributed by atoms with van der Waals surface area (Å²) in [6.45, 7) is 2.48. The highest BCUT2D eigenvalue weighted by atomic mass is 16.5. The predicted octanol–water partition coefficient (Wildman–Crippen LogP) is 6.56. The number of hydrogen-bond acceptors (Lipinski definition) is 10. The number of benzene rings is 3. The lowest BCUT2D eigenvalue weighted by Gasteiger charge is -2.27. The van der Waals surface area contributed by atoms with Crippen LogP contribution in [0, 0.1) is 0 Å². The van der Waals surface area contributed by atoms with Crippen molar-refractivity contribution in [1.29, 1.82) is 0 Å². The number of Topliss-reactive ketones (excluding diaryl/α,β-unsaturated/α-hetero) is 1. The van der Waals surface area contributed by atoms with Gasteiger partial charge in [0.25, 0.3) is 0 Å². The van der Waals surface area contributed by atoms with E-state index in [-0.39, 0.29) is 53.2 Å². The summed E-state index contributed by atoms with van der Waals surface area (Å²) in [5, 5.41) is 26.6. The van der Waals surface area contributed by atoms with Crippen molar-refractivity contribution in [2.24, 2.45) is 0 Å². The fraction of sp³-hybridized carbons (Fsp3) is 0.425. The molecule has 2 aliphatic heterocycles. The lowest BCUT2D eigenvalue weighted by Crippen LogP contribution is -2.32.